The molecule has 1 aromatic heterocycles. The molecule has 17 heavy (non-hydrogen) atoms. The number of amides is 2. The van der Waals surface area contributed by atoms with Gasteiger partial charge >= 0.3 is 0 Å². The van der Waals surface area contributed by atoms with Crippen molar-refractivity contribution in [1.82, 2.24) is 15.6 Å². The summed E-state index contributed by atoms with van der Waals surface area (Å²) in [7, 11) is 0. The Hall–Kier alpha value is -1.43. The van der Waals surface area contributed by atoms with Crippen LogP contribution in [0, 0.1) is 6.92 Å². The van der Waals surface area contributed by atoms with E-state index in [0.717, 1.165) is 12.1 Å². The number of thiazole rings is 1. The van der Waals surface area contributed by atoms with E-state index < -0.39 is 0 Å². The highest BCUT2D eigenvalue weighted by Crippen LogP contribution is 2.12. The summed E-state index contributed by atoms with van der Waals surface area (Å²) in [6.45, 7) is 2.55. The second-order valence-electron chi connectivity index (χ2n) is 4.06. The van der Waals surface area contributed by atoms with Gasteiger partial charge in [-0.05, 0) is 13.3 Å². The molecule has 2 amide bonds. The zero-order valence-corrected chi connectivity index (χ0v) is 10.5. The lowest BCUT2D eigenvalue weighted by Crippen LogP contribution is -2.42. The summed E-state index contributed by atoms with van der Waals surface area (Å²) >= 11 is 1.60. The molecule has 5 nitrogen and oxygen atoms in total. The predicted octanol–water partition coefficient (Wildman–Crippen LogP) is 0.389. The van der Waals surface area contributed by atoms with Crippen LogP contribution in [0.25, 0.3) is 0 Å². The van der Waals surface area contributed by atoms with Crippen LogP contribution in [0.1, 0.15) is 23.4 Å². The molecule has 2 N–H and O–H groups in total. The number of nitrogens with one attached hydrogen (secondary N) is 2. The Labute approximate surface area is 104 Å². The molecule has 2 heterocycles. The third-order valence-electron chi connectivity index (χ3n) is 2.81. The molecule has 0 saturated carbocycles. The van der Waals surface area contributed by atoms with Crippen molar-refractivity contribution in [3.63, 3.8) is 0 Å². The van der Waals surface area contributed by atoms with Gasteiger partial charge in [-0.25, -0.2) is 4.98 Å². The molecule has 0 aromatic carbocycles. The number of hydrogen-bond donors (Lipinski definition) is 2. The molecular weight excluding hydrogens is 238 g/mol. The van der Waals surface area contributed by atoms with Gasteiger partial charge < -0.3 is 10.6 Å². The van der Waals surface area contributed by atoms with Gasteiger partial charge in [0.25, 0.3) is 0 Å². The minimum Gasteiger partial charge on any atom is -0.354 e. The summed E-state index contributed by atoms with van der Waals surface area (Å²) in [5, 5.41) is 5.48. The van der Waals surface area contributed by atoms with E-state index in [0.29, 0.717) is 19.4 Å². The van der Waals surface area contributed by atoms with Crippen LogP contribution in [0.4, 0.5) is 0 Å². The first-order valence-electron chi connectivity index (χ1n) is 5.63. The van der Waals surface area contributed by atoms with Crippen LogP contribution in [0.15, 0.2) is 5.51 Å². The van der Waals surface area contributed by atoms with Crippen molar-refractivity contribution in [2.45, 2.75) is 32.2 Å². The Morgan fingerprint density at radius 2 is 2.53 bits per heavy atom. The normalized spacial score (nSPS) is 19.1. The smallest absolute Gasteiger partial charge is 0.242 e. The van der Waals surface area contributed by atoms with E-state index in [-0.39, 0.29) is 17.9 Å². The van der Waals surface area contributed by atoms with Crippen LogP contribution >= 0.6 is 11.3 Å². The molecule has 1 aliphatic heterocycles. The standard InChI is InChI=1S/C11H15N3O2S/c1-7-9(17-6-13-7)4-5-12-11(16)8-2-3-10(15)14-8/h6,8H,2-5H2,1H3,(H,12,16)(H,14,15). The summed E-state index contributed by atoms with van der Waals surface area (Å²) in [4.78, 5) is 28.0. The number of aromatic nitrogens is 1. The van der Waals surface area contributed by atoms with Gasteiger partial charge in [0.15, 0.2) is 0 Å². The molecule has 1 aromatic rings. The summed E-state index contributed by atoms with van der Waals surface area (Å²) in [6, 6.07) is -0.343. The Bertz CT molecular complexity index is 430. The SMILES string of the molecule is Cc1ncsc1CCNC(=O)C1CCC(=O)N1. The molecule has 0 aliphatic carbocycles. The molecule has 0 spiro atoms. The fourth-order valence-corrected chi connectivity index (χ4v) is 2.58. The molecular formula is C11H15N3O2S. The van der Waals surface area contributed by atoms with Gasteiger partial charge in [0.1, 0.15) is 6.04 Å². The first kappa shape index (κ1) is 12.0. The van der Waals surface area contributed by atoms with Crippen molar-refractivity contribution < 1.29 is 9.59 Å². The lowest BCUT2D eigenvalue weighted by molar-refractivity contribution is -0.125. The molecule has 6 heteroatoms. The molecule has 0 radical (unpaired) electrons. The molecule has 1 atom stereocenters. The highest BCUT2D eigenvalue weighted by atomic mass is 32.1. The third-order valence-corrected chi connectivity index (χ3v) is 3.80. The van der Waals surface area contributed by atoms with E-state index in [4.69, 9.17) is 0 Å². The summed E-state index contributed by atoms with van der Waals surface area (Å²) in [5.74, 6) is -0.124. The Morgan fingerprint density at radius 3 is 3.12 bits per heavy atom. The topological polar surface area (TPSA) is 71.1 Å². The van der Waals surface area contributed by atoms with E-state index >= 15 is 0 Å². The van der Waals surface area contributed by atoms with Crippen molar-refractivity contribution in [2.75, 3.05) is 6.54 Å². The molecule has 1 aliphatic rings. The number of carbonyl (C=O) groups is 2. The quantitative estimate of drug-likeness (QED) is 0.815. The first-order chi connectivity index (χ1) is 8.16. The van der Waals surface area contributed by atoms with Gasteiger partial charge in [-0.3, -0.25) is 9.59 Å². The Balaban J connectivity index is 1.74. The lowest BCUT2D eigenvalue weighted by atomic mass is 10.2. The zero-order chi connectivity index (χ0) is 12.3. The van der Waals surface area contributed by atoms with E-state index in [1.807, 2.05) is 12.4 Å². The number of carbonyl (C=O) groups excluding carboxylic acids is 2. The van der Waals surface area contributed by atoms with Crippen LogP contribution < -0.4 is 10.6 Å². The second kappa shape index (κ2) is 5.27. The van der Waals surface area contributed by atoms with Gasteiger partial charge in [-0.1, -0.05) is 0 Å². The Morgan fingerprint density at radius 1 is 1.71 bits per heavy atom. The number of rotatable bonds is 4. The van der Waals surface area contributed by atoms with Crippen molar-refractivity contribution in [1.29, 1.82) is 0 Å². The molecule has 1 unspecified atom stereocenters. The molecule has 1 saturated heterocycles. The fraction of sp³-hybridized carbons (Fsp3) is 0.545. The third kappa shape index (κ3) is 3.03. The minimum atomic E-state index is -0.343. The van der Waals surface area contributed by atoms with E-state index in [1.165, 1.54) is 4.88 Å². The van der Waals surface area contributed by atoms with Gasteiger partial charge in [0.05, 0.1) is 11.2 Å². The molecule has 92 valence electrons. The maximum absolute atomic E-state index is 11.7. The molecule has 0 bridgehead atoms. The average Bonchev–Trinajstić information content (AvgIpc) is 2.88. The fourth-order valence-electron chi connectivity index (χ4n) is 1.80. The average molecular weight is 253 g/mol. The van der Waals surface area contributed by atoms with Crippen LogP contribution in [0.2, 0.25) is 0 Å². The molecule has 2 rings (SSSR count). The first-order valence-corrected chi connectivity index (χ1v) is 6.51. The predicted molar refractivity (Wildman–Crippen MR) is 64.7 cm³/mol. The van der Waals surface area contributed by atoms with Crippen LogP contribution in [-0.4, -0.2) is 29.4 Å². The van der Waals surface area contributed by atoms with Gasteiger partial charge in [-0.15, -0.1) is 11.3 Å². The zero-order valence-electron chi connectivity index (χ0n) is 9.66. The van der Waals surface area contributed by atoms with E-state index in [9.17, 15) is 9.59 Å². The van der Waals surface area contributed by atoms with Crippen molar-refractivity contribution in [3.8, 4) is 0 Å². The molecule has 1 fully saturated rings. The highest BCUT2D eigenvalue weighted by Gasteiger charge is 2.26. The van der Waals surface area contributed by atoms with Crippen molar-refractivity contribution >= 4 is 23.2 Å². The van der Waals surface area contributed by atoms with E-state index in [1.54, 1.807) is 11.3 Å². The largest absolute Gasteiger partial charge is 0.354 e. The van der Waals surface area contributed by atoms with Crippen LogP contribution in [0.5, 0.6) is 0 Å². The second-order valence-corrected chi connectivity index (χ2v) is 5.00. The monoisotopic (exact) mass is 253 g/mol. The van der Waals surface area contributed by atoms with Gasteiger partial charge in [0.2, 0.25) is 11.8 Å². The number of aryl methyl sites for hydroxylation is 1. The summed E-state index contributed by atoms with van der Waals surface area (Å²) in [5.41, 5.74) is 2.84. The van der Waals surface area contributed by atoms with Gasteiger partial charge in [-0.2, -0.15) is 0 Å². The van der Waals surface area contributed by atoms with Crippen molar-refractivity contribution in [3.05, 3.63) is 16.1 Å². The lowest BCUT2D eigenvalue weighted by Gasteiger charge is -2.10. The number of nitrogens with zero attached hydrogens (tertiary/aromatic N) is 1. The Kier molecular flexibility index (Phi) is 3.73. The van der Waals surface area contributed by atoms with Crippen LogP contribution in [0.3, 0.4) is 0 Å². The highest BCUT2D eigenvalue weighted by molar-refractivity contribution is 7.09. The summed E-state index contributed by atoms with van der Waals surface area (Å²) in [6.07, 6.45) is 1.85. The van der Waals surface area contributed by atoms with Crippen molar-refractivity contribution in [2.24, 2.45) is 0 Å². The maximum Gasteiger partial charge on any atom is 0.242 e. The van der Waals surface area contributed by atoms with Gasteiger partial charge in [0, 0.05) is 24.3 Å². The minimum absolute atomic E-state index is 0.0385. The summed E-state index contributed by atoms with van der Waals surface area (Å²) < 4.78 is 0. The van der Waals surface area contributed by atoms with E-state index in [2.05, 4.69) is 15.6 Å². The van der Waals surface area contributed by atoms with Crippen LogP contribution in [-0.2, 0) is 16.0 Å². The number of hydrogen-bond acceptors (Lipinski definition) is 4. The maximum atomic E-state index is 11.7.